The molecule has 0 aliphatic carbocycles. The van der Waals surface area contributed by atoms with Gasteiger partial charge in [0.05, 0.1) is 17.4 Å². The number of nitro groups is 1. The average molecular weight is 325 g/mol. The van der Waals surface area contributed by atoms with E-state index >= 15 is 0 Å². The first-order valence-electron chi connectivity index (χ1n) is 6.10. The summed E-state index contributed by atoms with van der Waals surface area (Å²) >= 11 is 0. The van der Waals surface area contributed by atoms with Crippen LogP contribution in [0.1, 0.15) is 17.5 Å². The van der Waals surface area contributed by atoms with Gasteiger partial charge in [-0.05, 0) is 6.07 Å². The van der Waals surface area contributed by atoms with Gasteiger partial charge < -0.3 is 15.1 Å². The van der Waals surface area contributed by atoms with E-state index in [-0.39, 0.29) is 11.4 Å². The lowest BCUT2D eigenvalue weighted by molar-refractivity contribution is -0.402. The minimum atomic E-state index is -1.25. The first-order chi connectivity index (χ1) is 10.8. The Morgan fingerprint density at radius 2 is 1.70 bits per heavy atom. The second-order valence-electron chi connectivity index (χ2n) is 4.34. The van der Waals surface area contributed by atoms with E-state index in [9.17, 15) is 28.5 Å². The highest BCUT2D eigenvalue weighted by molar-refractivity contribution is 6.05. The quantitative estimate of drug-likeness (QED) is 0.662. The van der Waals surface area contributed by atoms with Gasteiger partial charge in [0.25, 0.3) is 5.91 Å². The van der Waals surface area contributed by atoms with E-state index in [2.05, 4.69) is 15.1 Å². The van der Waals surface area contributed by atoms with E-state index in [1.54, 1.807) is 0 Å². The van der Waals surface area contributed by atoms with Crippen molar-refractivity contribution in [1.82, 2.24) is 0 Å². The zero-order valence-electron chi connectivity index (χ0n) is 11.6. The second kappa shape index (κ2) is 6.22. The monoisotopic (exact) mass is 325 g/mol. The predicted molar refractivity (Wildman–Crippen MR) is 74.0 cm³/mol. The van der Waals surface area contributed by atoms with Crippen LogP contribution in [-0.4, -0.2) is 16.7 Å². The van der Waals surface area contributed by atoms with Crippen LogP contribution in [0.15, 0.2) is 28.7 Å². The van der Waals surface area contributed by atoms with E-state index in [0.717, 1.165) is 19.1 Å². The number of nitrogens with one attached hydrogen (secondary N) is 2. The molecule has 120 valence electrons. The molecule has 0 bridgehead atoms. The largest absolute Gasteiger partial charge is 0.433 e. The molecule has 0 saturated carbocycles. The number of carbonyl (C=O) groups excluding carboxylic acids is 2. The van der Waals surface area contributed by atoms with Crippen molar-refractivity contribution < 1.29 is 27.7 Å². The van der Waals surface area contributed by atoms with E-state index < -0.39 is 40.0 Å². The predicted octanol–water partition coefficient (Wildman–Crippen LogP) is 2.68. The molecule has 1 heterocycles. The highest BCUT2D eigenvalue weighted by Crippen LogP contribution is 2.26. The summed E-state index contributed by atoms with van der Waals surface area (Å²) in [6, 6.07) is 3.37. The molecule has 1 aromatic heterocycles. The lowest BCUT2D eigenvalue weighted by Crippen LogP contribution is -2.15. The third-order valence-corrected chi connectivity index (χ3v) is 2.61. The summed E-state index contributed by atoms with van der Waals surface area (Å²) in [6.45, 7) is 1.14. The van der Waals surface area contributed by atoms with E-state index in [4.69, 9.17) is 0 Å². The highest BCUT2D eigenvalue weighted by Gasteiger charge is 2.19. The molecule has 8 nitrogen and oxygen atoms in total. The molecule has 0 aliphatic heterocycles. The van der Waals surface area contributed by atoms with Crippen molar-refractivity contribution >= 4 is 29.1 Å². The van der Waals surface area contributed by atoms with Gasteiger partial charge in [0.2, 0.25) is 5.91 Å². The Labute approximate surface area is 127 Å². The van der Waals surface area contributed by atoms with Crippen LogP contribution in [0.4, 0.5) is 26.0 Å². The first kappa shape index (κ1) is 16.1. The normalized spacial score (nSPS) is 10.2. The topological polar surface area (TPSA) is 114 Å². The number of anilines is 2. The van der Waals surface area contributed by atoms with Crippen LogP contribution in [0.25, 0.3) is 0 Å². The number of amides is 2. The molecule has 0 spiro atoms. The number of rotatable bonds is 4. The van der Waals surface area contributed by atoms with Crippen LogP contribution in [0.5, 0.6) is 0 Å². The molecule has 2 rings (SSSR count). The Balaban J connectivity index is 2.30. The van der Waals surface area contributed by atoms with Gasteiger partial charge in [0.1, 0.15) is 4.92 Å². The zero-order chi connectivity index (χ0) is 17.1. The fourth-order valence-electron chi connectivity index (χ4n) is 1.68. The Kier molecular flexibility index (Phi) is 4.35. The Morgan fingerprint density at radius 3 is 2.17 bits per heavy atom. The first-order valence-corrected chi connectivity index (χ1v) is 6.10. The molecule has 0 atom stereocenters. The van der Waals surface area contributed by atoms with Gasteiger partial charge in [0, 0.05) is 19.1 Å². The Bertz CT molecular complexity index is 803. The number of hydrogen-bond donors (Lipinski definition) is 2. The van der Waals surface area contributed by atoms with E-state index in [1.165, 1.54) is 0 Å². The molecule has 0 unspecified atom stereocenters. The van der Waals surface area contributed by atoms with Crippen molar-refractivity contribution in [2.75, 3.05) is 10.6 Å². The minimum absolute atomic E-state index is 0.175. The fraction of sp³-hybridized carbons (Fsp3) is 0.0769. The van der Waals surface area contributed by atoms with Gasteiger partial charge in [-0.1, -0.05) is 0 Å². The number of halogens is 2. The lowest BCUT2D eigenvalue weighted by atomic mass is 10.2. The van der Waals surface area contributed by atoms with E-state index in [1.807, 2.05) is 0 Å². The zero-order valence-corrected chi connectivity index (χ0v) is 11.6. The third-order valence-electron chi connectivity index (χ3n) is 2.61. The van der Waals surface area contributed by atoms with Crippen molar-refractivity contribution in [3.63, 3.8) is 0 Å². The molecule has 0 aliphatic rings. The minimum Gasteiger partial charge on any atom is -0.395 e. The smallest absolute Gasteiger partial charge is 0.395 e. The van der Waals surface area contributed by atoms with Crippen LogP contribution >= 0.6 is 0 Å². The number of furan rings is 1. The van der Waals surface area contributed by atoms with Crippen LogP contribution in [0.3, 0.4) is 0 Å². The summed E-state index contributed by atoms with van der Waals surface area (Å²) in [4.78, 5) is 32.6. The molecule has 2 aromatic rings. The SMILES string of the molecule is CC(=O)Nc1cc(F)c(F)cc1NC(=O)c1ccc([N+](=O)[O-])o1. The Hall–Kier alpha value is -3.30. The van der Waals surface area contributed by atoms with Crippen LogP contribution in [0, 0.1) is 21.7 Å². The van der Waals surface area contributed by atoms with Crippen LogP contribution < -0.4 is 10.6 Å². The average Bonchev–Trinajstić information content (AvgIpc) is 2.93. The van der Waals surface area contributed by atoms with Gasteiger partial charge in [0.15, 0.2) is 17.4 Å². The van der Waals surface area contributed by atoms with Gasteiger partial charge in [-0.3, -0.25) is 19.7 Å². The molecule has 10 heteroatoms. The summed E-state index contributed by atoms with van der Waals surface area (Å²) < 4.78 is 31.2. The van der Waals surface area contributed by atoms with Crippen LogP contribution in [-0.2, 0) is 4.79 Å². The number of benzene rings is 1. The molecule has 1 aromatic carbocycles. The molecule has 23 heavy (non-hydrogen) atoms. The summed E-state index contributed by atoms with van der Waals surface area (Å²) in [5.41, 5.74) is -0.408. The summed E-state index contributed by atoms with van der Waals surface area (Å²) in [6.07, 6.45) is 0. The van der Waals surface area contributed by atoms with Crippen molar-refractivity contribution in [2.45, 2.75) is 6.92 Å². The summed E-state index contributed by atoms with van der Waals surface area (Å²) in [5, 5.41) is 14.9. The van der Waals surface area contributed by atoms with Crippen molar-refractivity contribution in [2.24, 2.45) is 0 Å². The lowest BCUT2D eigenvalue weighted by Gasteiger charge is -2.11. The maximum Gasteiger partial charge on any atom is 0.433 e. The molecule has 0 saturated heterocycles. The Morgan fingerprint density at radius 1 is 1.13 bits per heavy atom. The van der Waals surface area contributed by atoms with Gasteiger partial charge >= 0.3 is 5.88 Å². The van der Waals surface area contributed by atoms with E-state index in [0.29, 0.717) is 12.1 Å². The van der Waals surface area contributed by atoms with Gasteiger partial charge in [-0.15, -0.1) is 0 Å². The second-order valence-corrected chi connectivity index (χ2v) is 4.34. The molecule has 0 radical (unpaired) electrons. The van der Waals surface area contributed by atoms with Crippen molar-refractivity contribution in [3.05, 3.63) is 51.8 Å². The molecular weight excluding hydrogens is 316 g/mol. The number of nitrogens with zero attached hydrogens (tertiary/aromatic N) is 1. The summed E-state index contributed by atoms with van der Waals surface area (Å²) in [5.74, 6) is -5.03. The van der Waals surface area contributed by atoms with Gasteiger partial charge in [-0.2, -0.15) is 0 Å². The highest BCUT2D eigenvalue weighted by atomic mass is 19.2. The van der Waals surface area contributed by atoms with Crippen molar-refractivity contribution in [3.8, 4) is 0 Å². The fourth-order valence-corrected chi connectivity index (χ4v) is 1.68. The number of carbonyl (C=O) groups is 2. The summed E-state index contributed by atoms with van der Waals surface area (Å²) in [7, 11) is 0. The number of hydrogen-bond acceptors (Lipinski definition) is 5. The third kappa shape index (κ3) is 3.67. The standard InChI is InChI=1S/C13H9F2N3O5/c1-6(19)16-9-4-7(14)8(15)5-10(9)17-13(20)11-2-3-12(23-11)18(21)22/h2-5H,1H3,(H,16,19)(H,17,20). The molecule has 2 N–H and O–H groups in total. The maximum atomic E-state index is 13.3. The van der Waals surface area contributed by atoms with Crippen molar-refractivity contribution in [1.29, 1.82) is 0 Å². The molecular formula is C13H9F2N3O5. The molecule has 0 fully saturated rings. The van der Waals surface area contributed by atoms with Gasteiger partial charge in [-0.25, -0.2) is 8.78 Å². The maximum absolute atomic E-state index is 13.3. The molecule has 2 amide bonds. The van der Waals surface area contributed by atoms with Crippen LogP contribution in [0.2, 0.25) is 0 Å².